The number of rotatable bonds is 2. The Morgan fingerprint density at radius 2 is 1.94 bits per heavy atom. The molecule has 1 N–H and O–H groups in total. The molecule has 0 radical (unpaired) electrons. The van der Waals surface area contributed by atoms with E-state index in [1.54, 1.807) is 13.8 Å². The van der Waals surface area contributed by atoms with E-state index in [-0.39, 0.29) is 5.91 Å². The Labute approximate surface area is 107 Å². The molecule has 0 aromatic carbocycles. The van der Waals surface area contributed by atoms with Gasteiger partial charge in [0, 0.05) is 6.54 Å². The van der Waals surface area contributed by atoms with Gasteiger partial charge in [-0.15, -0.1) is 0 Å². The van der Waals surface area contributed by atoms with Gasteiger partial charge in [-0.2, -0.15) is 0 Å². The third-order valence-corrected chi connectivity index (χ3v) is 4.06. The highest BCUT2D eigenvalue weighted by molar-refractivity contribution is 6.18. The molecule has 5 heteroatoms. The third-order valence-electron chi connectivity index (χ3n) is 4.06. The second-order valence-electron chi connectivity index (χ2n) is 6.08. The number of carbonyl (C=O) groups is 3. The van der Waals surface area contributed by atoms with Crippen molar-refractivity contribution < 1.29 is 14.4 Å². The van der Waals surface area contributed by atoms with E-state index in [4.69, 9.17) is 0 Å². The fourth-order valence-corrected chi connectivity index (χ4v) is 2.76. The van der Waals surface area contributed by atoms with Crippen molar-refractivity contribution in [1.82, 2.24) is 10.2 Å². The molecule has 2 aliphatic rings. The van der Waals surface area contributed by atoms with Crippen LogP contribution in [0.4, 0.5) is 4.79 Å². The lowest BCUT2D eigenvalue weighted by Gasteiger charge is -2.35. The number of hydrogen-bond acceptors (Lipinski definition) is 3. The van der Waals surface area contributed by atoms with Crippen LogP contribution in [0.15, 0.2) is 0 Å². The normalized spacial score (nSPS) is 31.7. The zero-order valence-electron chi connectivity index (χ0n) is 11.2. The van der Waals surface area contributed by atoms with E-state index >= 15 is 0 Å². The average molecular weight is 252 g/mol. The van der Waals surface area contributed by atoms with Gasteiger partial charge < -0.3 is 0 Å². The summed E-state index contributed by atoms with van der Waals surface area (Å²) in [4.78, 5) is 36.7. The summed E-state index contributed by atoms with van der Waals surface area (Å²) in [6.07, 6.45) is 3.24. The predicted octanol–water partition coefficient (Wildman–Crippen LogP) is 1.53. The molecule has 1 saturated carbocycles. The molecule has 2 atom stereocenters. The molecule has 0 aromatic rings. The number of carbonyl (C=O) groups excluding carboxylic acids is 3. The first kappa shape index (κ1) is 13.1. The highest BCUT2D eigenvalue weighted by Crippen LogP contribution is 2.32. The highest BCUT2D eigenvalue weighted by Gasteiger charge is 2.47. The minimum atomic E-state index is -1.14. The zero-order valence-corrected chi connectivity index (χ0v) is 11.2. The number of hydrogen-bond donors (Lipinski definition) is 1. The van der Waals surface area contributed by atoms with Crippen LogP contribution in [0.2, 0.25) is 0 Å². The van der Waals surface area contributed by atoms with E-state index in [0.29, 0.717) is 18.4 Å². The van der Waals surface area contributed by atoms with Crippen LogP contribution in [0, 0.1) is 17.3 Å². The van der Waals surface area contributed by atoms with Crippen molar-refractivity contribution in [2.24, 2.45) is 17.3 Å². The summed E-state index contributed by atoms with van der Waals surface area (Å²) < 4.78 is 0. The molecular weight excluding hydrogens is 232 g/mol. The lowest BCUT2D eigenvalue weighted by Crippen LogP contribution is -2.62. The first-order chi connectivity index (χ1) is 8.32. The van der Waals surface area contributed by atoms with Crippen LogP contribution >= 0.6 is 0 Å². The molecule has 1 heterocycles. The Hall–Kier alpha value is -1.39. The van der Waals surface area contributed by atoms with Crippen LogP contribution < -0.4 is 5.32 Å². The summed E-state index contributed by atoms with van der Waals surface area (Å²) in [6.45, 7) is 5.74. The quantitative estimate of drug-likeness (QED) is 0.758. The largest absolute Gasteiger partial charge is 0.330 e. The lowest BCUT2D eigenvalue weighted by atomic mass is 9.88. The minimum absolute atomic E-state index is 0.374. The van der Waals surface area contributed by atoms with Crippen LogP contribution in [-0.4, -0.2) is 29.3 Å². The van der Waals surface area contributed by atoms with Gasteiger partial charge in [-0.3, -0.25) is 19.8 Å². The van der Waals surface area contributed by atoms with Gasteiger partial charge in [-0.05, 0) is 38.5 Å². The second-order valence-corrected chi connectivity index (χ2v) is 6.08. The third kappa shape index (κ3) is 2.13. The maximum atomic E-state index is 12.2. The van der Waals surface area contributed by atoms with Gasteiger partial charge in [0.2, 0.25) is 11.8 Å². The number of amides is 4. The molecule has 1 aliphatic heterocycles. The number of nitrogens with one attached hydrogen (secondary N) is 1. The zero-order chi connectivity index (χ0) is 13.5. The fourth-order valence-electron chi connectivity index (χ4n) is 2.76. The summed E-state index contributed by atoms with van der Waals surface area (Å²) in [5, 5.41) is 2.26. The maximum Gasteiger partial charge on any atom is 0.330 e. The van der Waals surface area contributed by atoms with Crippen molar-refractivity contribution in [3.63, 3.8) is 0 Å². The molecule has 2 unspecified atom stereocenters. The molecule has 4 amide bonds. The summed E-state index contributed by atoms with van der Waals surface area (Å²) in [5.41, 5.74) is -1.14. The van der Waals surface area contributed by atoms with Crippen molar-refractivity contribution in [1.29, 1.82) is 0 Å². The fraction of sp³-hybridized carbons (Fsp3) is 0.769. The number of urea groups is 1. The van der Waals surface area contributed by atoms with E-state index in [9.17, 15) is 14.4 Å². The number of barbiturate groups is 1. The van der Waals surface area contributed by atoms with Crippen molar-refractivity contribution in [3.05, 3.63) is 0 Å². The van der Waals surface area contributed by atoms with Crippen LogP contribution in [-0.2, 0) is 9.59 Å². The van der Waals surface area contributed by atoms with Crippen molar-refractivity contribution in [2.75, 3.05) is 6.54 Å². The topological polar surface area (TPSA) is 66.5 Å². The van der Waals surface area contributed by atoms with Crippen molar-refractivity contribution >= 4 is 17.8 Å². The average Bonchev–Trinajstić information content (AvgIpc) is 2.68. The molecule has 18 heavy (non-hydrogen) atoms. The summed E-state index contributed by atoms with van der Waals surface area (Å²) in [6, 6.07) is -0.566. The smallest absolute Gasteiger partial charge is 0.277 e. The molecular formula is C13H20N2O3. The molecule has 0 aromatic heterocycles. The van der Waals surface area contributed by atoms with E-state index < -0.39 is 17.4 Å². The van der Waals surface area contributed by atoms with Gasteiger partial charge in [0.1, 0.15) is 5.41 Å². The van der Waals surface area contributed by atoms with Crippen molar-refractivity contribution in [3.8, 4) is 0 Å². The Balaban J connectivity index is 2.09. The van der Waals surface area contributed by atoms with Gasteiger partial charge in [0.05, 0.1) is 0 Å². The summed E-state index contributed by atoms with van der Waals surface area (Å²) >= 11 is 0. The monoisotopic (exact) mass is 252 g/mol. The Morgan fingerprint density at radius 3 is 2.50 bits per heavy atom. The number of imide groups is 2. The molecule has 0 bridgehead atoms. The second kappa shape index (κ2) is 4.37. The van der Waals surface area contributed by atoms with Crippen LogP contribution in [0.25, 0.3) is 0 Å². The van der Waals surface area contributed by atoms with E-state index in [2.05, 4.69) is 12.2 Å². The lowest BCUT2D eigenvalue weighted by molar-refractivity contribution is -0.149. The Kier molecular flexibility index (Phi) is 3.17. The van der Waals surface area contributed by atoms with Gasteiger partial charge in [0.15, 0.2) is 0 Å². The van der Waals surface area contributed by atoms with Crippen LogP contribution in [0.5, 0.6) is 0 Å². The van der Waals surface area contributed by atoms with E-state index in [1.807, 2.05) is 0 Å². The van der Waals surface area contributed by atoms with E-state index in [0.717, 1.165) is 19.3 Å². The Bertz CT molecular complexity index is 403. The molecule has 100 valence electrons. The molecule has 5 nitrogen and oxygen atoms in total. The predicted molar refractivity (Wildman–Crippen MR) is 65.5 cm³/mol. The van der Waals surface area contributed by atoms with Crippen LogP contribution in [0.1, 0.15) is 40.0 Å². The highest BCUT2D eigenvalue weighted by atomic mass is 16.2. The van der Waals surface area contributed by atoms with Gasteiger partial charge in [-0.1, -0.05) is 13.3 Å². The molecule has 1 aliphatic carbocycles. The number of nitrogens with zero attached hydrogens (tertiary/aromatic N) is 1. The Morgan fingerprint density at radius 1 is 1.28 bits per heavy atom. The van der Waals surface area contributed by atoms with Crippen LogP contribution in [0.3, 0.4) is 0 Å². The maximum absolute atomic E-state index is 12.2. The molecule has 2 rings (SSSR count). The first-order valence-electron chi connectivity index (χ1n) is 6.49. The SMILES string of the molecule is CC1CCC(CN2C(=O)NC(=O)C(C)(C)C2=O)C1. The molecule has 2 fully saturated rings. The van der Waals surface area contributed by atoms with Gasteiger partial charge >= 0.3 is 6.03 Å². The van der Waals surface area contributed by atoms with Gasteiger partial charge in [-0.25, -0.2) is 4.79 Å². The summed E-state index contributed by atoms with van der Waals surface area (Å²) in [7, 11) is 0. The summed E-state index contributed by atoms with van der Waals surface area (Å²) in [5.74, 6) is 0.149. The minimum Gasteiger partial charge on any atom is -0.277 e. The molecule has 1 saturated heterocycles. The molecule has 0 spiro atoms. The van der Waals surface area contributed by atoms with Crippen molar-refractivity contribution in [2.45, 2.75) is 40.0 Å². The van der Waals surface area contributed by atoms with E-state index in [1.165, 1.54) is 4.90 Å². The standard InChI is InChI=1S/C13H20N2O3/c1-8-4-5-9(6-8)7-15-11(17)13(2,3)10(16)14-12(15)18/h8-9H,4-7H2,1-3H3,(H,14,16,18). The first-order valence-corrected chi connectivity index (χ1v) is 6.49. The van der Waals surface area contributed by atoms with Gasteiger partial charge in [0.25, 0.3) is 0 Å².